The molecule has 1 saturated carbocycles. The second kappa shape index (κ2) is 20.6. The number of Topliss-reactive ketones (excluding diaryl/α,β-unsaturated/α-hetero) is 1. The highest BCUT2D eigenvalue weighted by Crippen LogP contribution is 2.52. The Labute approximate surface area is 355 Å². The van der Waals surface area contributed by atoms with Gasteiger partial charge in [0, 0.05) is 18.7 Å². The molecule has 1 aromatic rings. The van der Waals surface area contributed by atoms with Gasteiger partial charge in [-0.3, -0.25) is 9.78 Å². The van der Waals surface area contributed by atoms with Crippen LogP contribution in [0.4, 0.5) is 0 Å². The number of aromatic nitrogens is 1. The lowest BCUT2D eigenvalue weighted by atomic mass is 9.58. The van der Waals surface area contributed by atoms with E-state index in [1.54, 1.807) is 0 Å². The number of nitrogens with zero attached hydrogens (tertiary/aromatic N) is 1. The third-order valence-corrected chi connectivity index (χ3v) is 28.3. The van der Waals surface area contributed by atoms with E-state index in [1.807, 2.05) is 24.4 Å². The molecule has 0 saturated heterocycles. The van der Waals surface area contributed by atoms with Crippen molar-refractivity contribution in [3.63, 3.8) is 0 Å². The molecule has 0 amide bonds. The van der Waals surface area contributed by atoms with E-state index in [-0.39, 0.29) is 39.0 Å². The molecule has 0 bridgehead atoms. The summed E-state index contributed by atoms with van der Waals surface area (Å²) in [5, 5.41) is 12.2. The first-order valence-corrected chi connectivity index (χ1v) is 31.1. The number of aliphatic hydroxyl groups is 1. The molecule has 2 rings (SSSR count). The van der Waals surface area contributed by atoms with E-state index in [1.165, 1.54) is 11.1 Å². The quantitative estimate of drug-likeness (QED) is 0.0925. The topological polar surface area (TPSA) is 77.9 Å². The largest absolute Gasteiger partial charge is 0.417 e. The zero-order valence-electron chi connectivity index (χ0n) is 40.4. The summed E-state index contributed by atoms with van der Waals surface area (Å²) < 4.78 is 20.9. The van der Waals surface area contributed by atoms with E-state index in [0.29, 0.717) is 13.0 Å². The number of hydrogen-bond donors (Lipinski definition) is 1. The number of hydrogen-bond acceptors (Lipinski definition) is 6. The van der Waals surface area contributed by atoms with E-state index >= 15 is 0 Å². The number of allylic oxidation sites excluding steroid dienone is 1. The maximum Gasteiger partial charge on any atom is 0.192 e. The van der Waals surface area contributed by atoms with Crippen LogP contribution in [0.2, 0.25) is 54.4 Å². The smallest absolute Gasteiger partial charge is 0.192 e. The molecule has 9 heteroatoms. The summed E-state index contributed by atoms with van der Waals surface area (Å²) in [4.78, 5) is 19.4. The van der Waals surface area contributed by atoms with Gasteiger partial charge in [-0.25, -0.2) is 0 Å². The molecular formula is C48H89NO5Si3. The molecule has 0 spiro atoms. The zero-order chi connectivity index (χ0) is 43.8. The standard InChI is InChI=1S/C48H89NO5Si3/c1-20-40(44(51)48(31-24-32-48)42(54-57(18,19)47(11,12)13)30-34-52-55(14,15)45(5,6)7)43(50)37(3)26-23-25-36(2)28-29-41(53-56(16,17)46(8,9)10)38(4)35-39-27-21-22-33-49-39/h21-22,27-28,33,35,37,40-43,50H,20,23-26,29-32,34H2,1-19H3/t37-,40-,41-,42-,43+/m0/s1. The van der Waals surface area contributed by atoms with Crippen molar-refractivity contribution in [3.05, 3.63) is 47.3 Å². The first kappa shape index (κ1) is 51.9. The van der Waals surface area contributed by atoms with Crippen LogP contribution in [0.3, 0.4) is 0 Å². The van der Waals surface area contributed by atoms with Crippen LogP contribution in [0, 0.1) is 17.3 Å². The van der Waals surface area contributed by atoms with Gasteiger partial charge in [-0.2, -0.15) is 0 Å². The number of aliphatic hydroxyl groups excluding tert-OH is 1. The van der Waals surface area contributed by atoms with Crippen LogP contribution in [-0.2, 0) is 18.1 Å². The number of rotatable bonds is 22. The van der Waals surface area contributed by atoms with Crippen LogP contribution < -0.4 is 0 Å². The van der Waals surface area contributed by atoms with Crippen LogP contribution in [0.1, 0.15) is 153 Å². The Kier molecular flexibility index (Phi) is 18.7. The molecule has 328 valence electrons. The number of pyridine rings is 1. The molecule has 6 nitrogen and oxygen atoms in total. The van der Waals surface area contributed by atoms with Gasteiger partial charge in [0.2, 0.25) is 0 Å². The summed E-state index contributed by atoms with van der Waals surface area (Å²) in [5.74, 6) is -0.154. The van der Waals surface area contributed by atoms with Crippen LogP contribution in [0.25, 0.3) is 6.08 Å². The van der Waals surface area contributed by atoms with Crippen molar-refractivity contribution in [1.82, 2.24) is 4.98 Å². The van der Waals surface area contributed by atoms with Gasteiger partial charge in [-0.1, -0.05) is 100 Å². The van der Waals surface area contributed by atoms with E-state index in [9.17, 15) is 9.90 Å². The Morgan fingerprint density at radius 3 is 1.91 bits per heavy atom. The summed E-state index contributed by atoms with van der Waals surface area (Å²) in [5.41, 5.74) is 2.93. The Morgan fingerprint density at radius 2 is 1.44 bits per heavy atom. The van der Waals surface area contributed by atoms with Crippen molar-refractivity contribution in [2.75, 3.05) is 6.61 Å². The number of carbonyl (C=O) groups is 1. The molecule has 1 fully saturated rings. The summed E-state index contributed by atoms with van der Waals surface area (Å²) in [6, 6.07) is 6.01. The van der Waals surface area contributed by atoms with Gasteiger partial charge in [0.1, 0.15) is 5.78 Å². The third kappa shape index (κ3) is 14.2. The molecule has 1 heterocycles. The molecule has 1 aromatic heterocycles. The molecular weight excluding hydrogens is 755 g/mol. The first-order valence-electron chi connectivity index (χ1n) is 22.4. The van der Waals surface area contributed by atoms with Crippen molar-refractivity contribution in [3.8, 4) is 0 Å². The Morgan fingerprint density at radius 1 is 0.877 bits per heavy atom. The summed E-state index contributed by atoms with van der Waals surface area (Å²) in [6.45, 7) is 43.6. The Balaban J connectivity index is 2.21. The fraction of sp³-hybridized carbons (Fsp3) is 0.792. The summed E-state index contributed by atoms with van der Waals surface area (Å²) in [7, 11) is -6.17. The van der Waals surface area contributed by atoms with Gasteiger partial charge >= 0.3 is 0 Å². The minimum absolute atomic E-state index is 0.0122. The second-order valence-corrected chi connectivity index (χ2v) is 36.6. The van der Waals surface area contributed by atoms with Crippen LogP contribution >= 0.6 is 0 Å². The zero-order valence-corrected chi connectivity index (χ0v) is 43.4. The van der Waals surface area contributed by atoms with Crippen molar-refractivity contribution >= 4 is 36.8 Å². The maximum absolute atomic E-state index is 14.9. The molecule has 0 aromatic carbocycles. The summed E-state index contributed by atoms with van der Waals surface area (Å²) in [6.07, 6.45) is 13.1. The fourth-order valence-corrected chi connectivity index (χ4v) is 11.0. The minimum Gasteiger partial charge on any atom is -0.417 e. The average molecular weight is 844 g/mol. The maximum atomic E-state index is 14.9. The Hall–Kier alpha value is -1.21. The molecule has 0 aliphatic heterocycles. The van der Waals surface area contributed by atoms with Gasteiger partial charge in [0.05, 0.1) is 29.4 Å². The van der Waals surface area contributed by atoms with Crippen LogP contribution in [-0.4, -0.2) is 65.7 Å². The highest BCUT2D eigenvalue weighted by atomic mass is 28.4. The molecule has 1 aliphatic carbocycles. The average Bonchev–Trinajstić information content (AvgIpc) is 3.04. The summed E-state index contributed by atoms with van der Waals surface area (Å²) >= 11 is 0. The van der Waals surface area contributed by atoms with Crippen molar-refractivity contribution < 1.29 is 23.2 Å². The monoisotopic (exact) mass is 844 g/mol. The van der Waals surface area contributed by atoms with Gasteiger partial charge in [-0.15, -0.1) is 0 Å². The van der Waals surface area contributed by atoms with E-state index in [4.69, 9.17) is 13.3 Å². The highest BCUT2D eigenvalue weighted by molar-refractivity contribution is 6.75. The second-order valence-electron chi connectivity index (χ2n) is 22.3. The van der Waals surface area contributed by atoms with E-state index < -0.39 is 42.4 Å². The lowest BCUT2D eigenvalue weighted by Gasteiger charge is -2.52. The predicted octanol–water partition coefficient (Wildman–Crippen LogP) is 13.9. The molecule has 1 N–H and O–H groups in total. The molecule has 57 heavy (non-hydrogen) atoms. The normalized spacial score (nSPS) is 19.1. The minimum atomic E-state index is -2.20. The van der Waals surface area contributed by atoms with E-state index in [0.717, 1.165) is 57.1 Å². The SMILES string of the molecule is CC[C@H](C(=O)C1([C@H](CCO[Si](C)(C)C(C)(C)C)O[Si](C)(C)C(C)(C)C)CCC1)[C@H](O)[C@@H](C)CCCC(C)=CC[C@H](O[Si](C)(C)C(C)(C)C)C(C)=Cc1ccccn1. The van der Waals surface area contributed by atoms with Crippen molar-refractivity contribution in [2.24, 2.45) is 17.3 Å². The lowest BCUT2D eigenvalue weighted by molar-refractivity contribution is -0.153. The molecule has 0 unspecified atom stereocenters. The molecule has 0 radical (unpaired) electrons. The van der Waals surface area contributed by atoms with Gasteiger partial charge in [0.25, 0.3) is 0 Å². The Bertz CT molecular complexity index is 1460. The highest BCUT2D eigenvalue weighted by Gasteiger charge is 2.55. The van der Waals surface area contributed by atoms with Crippen LogP contribution in [0.5, 0.6) is 0 Å². The predicted molar refractivity (Wildman–Crippen MR) is 252 cm³/mol. The number of carbonyl (C=O) groups excluding carboxylic acids is 1. The van der Waals surface area contributed by atoms with Gasteiger partial charge in [0.15, 0.2) is 25.0 Å². The first-order chi connectivity index (χ1) is 25.9. The number of ketones is 1. The van der Waals surface area contributed by atoms with Crippen LogP contribution in [0.15, 0.2) is 41.6 Å². The van der Waals surface area contributed by atoms with Gasteiger partial charge in [-0.05, 0) is 149 Å². The van der Waals surface area contributed by atoms with Crippen molar-refractivity contribution in [2.45, 2.75) is 221 Å². The lowest BCUT2D eigenvalue weighted by Crippen LogP contribution is -2.58. The molecule has 1 aliphatic rings. The third-order valence-electron chi connectivity index (χ3n) is 14.7. The van der Waals surface area contributed by atoms with Gasteiger partial charge < -0.3 is 18.4 Å². The van der Waals surface area contributed by atoms with E-state index in [2.05, 4.69) is 146 Å². The molecule has 5 atom stereocenters. The van der Waals surface area contributed by atoms with Crippen molar-refractivity contribution in [1.29, 1.82) is 0 Å². The fourth-order valence-electron chi connectivity index (χ4n) is 7.18.